The Bertz CT molecular complexity index is 502. The Morgan fingerprint density at radius 2 is 2.00 bits per heavy atom. The van der Waals surface area contributed by atoms with E-state index in [0.29, 0.717) is 18.6 Å². The lowest BCUT2D eigenvalue weighted by Gasteiger charge is -2.33. The average Bonchev–Trinajstić information content (AvgIpc) is 2.95. The fraction of sp³-hybridized carbons (Fsp3) is 0.650. The molecule has 1 aromatic carbocycles. The summed E-state index contributed by atoms with van der Waals surface area (Å²) in [5.41, 5.74) is 1.30. The van der Waals surface area contributed by atoms with Crippen molar-refractivity contribution in [2.45, 2.75) is 70.5 Å². The smallest absolute Gasteiger partial charge is 0.323 e. The largest absolute Gasteiger partial charge is 0.465 e. The van der Waals surface area contributed by atoms with Crippen LogP contribution in [0, 0.1) is 5.92 Å². The van der Waals surface area contributed by atoms with E-state index in [9.17, 15) is 4.79 Å². The van der Waals surface area contributed by atoms with Crippen molar-refractivity contribution in [2.75, 3.05) is 6.61 Å². The van der Waals surface area contributed by atoms with Crippen LogP contribution in [-0.4, -0.2) is 29.6 Å². The zero-order valence-electron chi connectivity index (χ0n) is 14.2. The minimum Gasteiger partial charge on any atom is -0.465 e. The average molecular weight is 315 g/mol. The highest BCUT2D eigenvalue weighted by Crippen LogP contribution is 2.40. The minimum atomic E-state index is -0.0415. The second-order valence-corrected chi connectivity index (χ2v) is 7.04. The van der Waals surface area contributed by atoms with E-state index in [-0.39, 0.29) is 12.0 Å². The van der Waals surface area contributed by atoms with E-state index in [0.717, 1.165) is 25.8 Å². The quantitative estimate of drug-likeness (QED) is 0.583. The van der Waals surface area contributed by atoms with Crippen LogP contribution in [0.1, 0.15) is 57.4 Å². The van der Waals surface area contributed by atoms with Gasteiger partial charge in [0.25, 0.3) is 0 Å². The van der Waals surface area contributed by atoms with Crippen LogP contribution in [-0.2, 0) is 16.1 Å². The molecule has 23 heavy (non-hydrogen) atoms. The molecule has 1 aliphatic carbocycles. The molecule has 126 valence electrons. The van der Waals surface area contributed by atoms with Gasteiger partial charge in [-0.15, -0.1) is 0 Å². The highest BCUT2D eigenvalue weighted by Gasteiger charge is 2.45. The van der Waals surface area contributed by atoms with Gasteiger partial charge in [0.2, 0.25) is 0 Å². The van der Waals surface area contributed by atoms with E-state index in [1.807, 2.05) is 6.07 Å². The summed E-state index contributed by atoms with van der Waals surface area (Å²) in [6, 6.07) is 11.1. The third-order valence-electron chi connectivity index (χ3n) is 5.44. The van der Waals surface area contributed by atoms with Crippen LogP contribution in [0.25, 0.3) is 0 Å². The highest BCUT2D eigenvalue weighted by atomic mass is 16.5. The summed E-state index contributed by atoms with van der Waals surface area (Å²) < 4.78 is 5.56. The van der Waals surface area contributed by atoms with E-state index in [1.165, 1.54) is 31.2 Å². The number of carbonyl (C=O) groups excluding carboxylic acids is 1. The maximum atomic E-state index is 12.6. The lowest BCUT2D eigenvalue weighted by molar-refractivity contribution is -0.149. The first kappa shape index (κ1) is 16.5. The molecule has 0 aromatic heterocycles. The van der Waals surface area contributed by atoms with Gasteiger partial charge < -0.3 is 4.74 Å². The van der Waals surface area contributed by atoms with Gasteiger partial charge in [0.05, 0.1) is 6.61 Å². The molecule has 2 aliphatic rings. The lowest BCUT2D eigenvalue weighted by Crippen LogP contribution is -2.42. The molecule has 3 heteroatoms. The third kappa shape index (κ3) is 3.95. The van der Waals surface area contributed by atoms with Crippen molar-refractivity contribution in [3.8, 4) is 0 Å². The summed E-state index contributed by atoms with van der Waals surface area (Å²) >= 11 is 0. The maximum absolute atomic E-state index is 12.6. The molecule has 2 fully saturated rings. The van der Waals surface area contributed by atoms with Gasteiger partial charge in [0, 0.05) is 12.6 Å². The molecule has 3 nitrogen and oxygen atoms in total. The van der Waals surface area contributed by atoms with Gasteiger partial charge in [-0.25, -0.2) is 0 Å². The molecule has 0 amide bonds. The van der Waals surface area contributed by atoms with Crippen molar-refractivity contribution in [3.05, 3.63) is 35.9 Å². The Hall–Kier alpha value is -1.35. The number of ether oxygens (including phenoxy) is 1. The lowest BCUT2D eigenvalue weighted by atomic mass is 9.84. The van der Waals surface area contributed by atoms with E-state index >= 15 is 0 Å². The van der Waals surface area contributed by atoms with Crippen LogP contribution in [0.3, 0.4) is 0 Å². The molecule has 0 bridgehead atoms. The Balaban J connectivity index is 1.71. The fourth-order valence-electron chi connectivity index (χ4n) is 4.22. The standard InChI is InChI=1S/C20H29NO2/c1-2-3-13-23-20(22)19-14-17-11-7-8-12-18(17)21(19)15-16-9-5-4-6-10-16/h4-6,9-10,17-19H,2-3,7-8,11-15H2,1H3. The first-order chi connectivity index (χ1) is 11.3. The number of carbonyl (C=O) groups is 1. The SMILES string of the molecule is CCCCOC(=O)C1CC2CCCCC2N1Cc1ccccc1. The van der Waals surface area contributed by atoms with E-state index in [4.69, 9.17) is 4.74 Å². The van der Waals surface area contributed by atoms with Gasteiger partial charge in [-0.05, 0) is 37.2 Å². The first-order valence-electron chi connectivity index (χ1n) is 9.26. The van der Waals surface area contributed by atoms with Crippen molar-refractivity contribution in [2.24, 2.45) is 5.92 Å². The van der Waals surface area contributed by atoms with Crippen LogP contribution < -0.4 is 0 Å². The van der Waals surface area contributed by atoms with Gasteiger partial charge in [-0.3, -0.25) is 9.69 Å². The normalized spacial score (nSPS) is 27.6. The summed E-state index contributed by atoms with van der Waals surface area (Å²) in [7, 11) is 0. The Kier molecular flexibility index (Phi) is 5.71. The zero-order chi connectivity index (χ0) is 16.1. The van der Waals surface area contributed by atoms with E-state index < -0.39 is 0 Å². The molecular formula is C20H29NO2. The molecule has 1 saturated heterocycles. The number of hydrogen-bond acceptors (Lipinski definition) is 3. The Labute approximate surface area is 140 Å². The minimum absolute atomic E-state index is 0.00350. The number of benzene rings is 1. The van der Waals surface area contributed by atoms with Gasteiger partial charge >= 0.3 is 5.97 Å². The van der Waals surface area contributed by atoms with Crippen LogP contribution in [0.4, 0.5) is 0 Å². The maximum Gasteiger partial charge on any atom is 0.323 e. The van der Waals surface area contributed by atoms with Crippen molar-refractivity contribution in [3.63, 3.8) is 0 Å². The van der Waals surface area contributed by atoms with Crippen molar-refractivity contribution in [1.29, 1.82) is 0 Å². The summed E-state index contributed by atoms with van der Waals surface area (Å²) in [5.74, 6) is 0.681. The van der Waals surface area contributed by atoms with Crippen LogP contribution in [0.5, 0.6) is 0 Å². The number of hydrogen-bond donors (Lipinski definition) is 0. The molecule has 3 rings (SSSR count). The van der Waals surface area contributed by atoms with Crippen LogP contribution >= 0.6 is 0 Å². The zero-order valence-corrected chi connectivity index (χ0v) is 14.2. The molecule has 1 aliphatic heterocycles. The first-order valence-corrected chi connectivity index (χ1v) is 9.26. The number of likely N-dealkylation sites (tertiary alicyclic amines) is 1. The van der Waals surface area contributed by atoms with Crippen molar-refractivity contribution >= 4 is 5.97 Å². The summed E-state index contributed by atoms with van der Waals surface area (Å²) in [6.07, 6.45) is 8.14. The second-order valence-electron chi connectivity index (χ2n) is 7.04. The molecule has 0 spiro atoms. The predicted molar refractivity (Wildman–Crippen MR) is 92.0 cm³/mol. The van der Waals surface area contributed by atoms with Crippen molar-refractivity contribution < 1.29 is 9.53 Å². The van der Waals surface area contributed by atoms with Gasteiger partial charge in [0.1, 0.15) is 6.04 Å². The van der Waals surface area contributed by atoms with E-state index in [2.05, 4.69) is 36.1 Å². The van der Waals surface area contributed by atoms with Crippen LogP contribution in [0.15, 0.2) is 30.3 Å². The number of esters is 1. The van der Waals surface area contributed by atoms with E-state index in [1.54, 1.807) is 0 Å². The molecule has 1 aromatic rings. The number of nitrogens with zero attached hydrogens (tertiary/aromatic N) is 1. The third-order valence-corrected chi connectivity index (χ3v) is 5.44. The van der Waals surface area contributed by atoms with Crippen molar-refractivity contribution in [1.82, 2.24) is 4.90 Å². The molecule has 3 atom stereocenters. The molecule has 3 unspecified atom stereocenters. The molecule has 1 saturated carbocycles. The number of fused-ring (bicyclic) bond motifs is 1. The predicted octanol–water partition coefficient (Wildman–Crippen LogP) is 4.16. The van der Waals surface area contributed by atoms with Gasteiger partial charge in [-0.2, -0.15) is 0 Å². The topological polar surface area (TPSA) is 29.5 Å². The number of unbranched alkanes of at least 4 members (excludes halogenated alkanes) is 1. The van der Waals surface area contributed by atoms with Gasteiger partial charge in [0.15, 0.2) is 0 Å². The van der Waals surface area contributed by atoms with Gasteiger partial charge in [-0.1, -0.05) is 56.5 Å². The highest BCUT2D eigenvalue weighted by molar-refractivity contribution is 5.76. The summed E-state index contributed by atoms with van der Waals surface area (Å²) in [5, 5.41) is 0. The molecule has 0 N–H and O–H groups in total. The Morgan fingerprint density at radius 3 is 2.78 bits per heavy atom. The fourth-order valence-corrected chi connectivity index (χ4v) is 4.22. The number of rotatable bonds is 6. The molecule has 0 radical (unpaired) electrons. The summed E-state index contributed by atoms with van der Waals surface area (Å²) in [6.45, 7) is 3.57. The summed E-state index contributed by atoms with van der Waals surface area (Å²) in [4.78, 5) is 15.0. The second kappa shape index (κ2) is 7.96. The molecular weight excluding hydrogens is 286 g/mol. The molecule has 1 heterocycles. The monoisotopic (exact) mass is 315 g/mol. The Morgan fingerprint density at radius 1 is 1.22 bits per heavy atom. The van der Waals surface area contributed by atoms with Crippen LogP contribution in [0.2, 0.25) is 0 Å².